The van der Waals surface area contributed by atoms with Crippen molar-refractivity contribution < 1.29 is 0 Å². The molecule has 4 heteroatoms. The first-order valence-electron chi connectivity index (χ1n) is 26.1. The molecule has 0 spiro atoms. The van der Waals surface area contributed by atoms with Crippen molar-refractivity contribution in [2.45, 2.75) is 64.2 Å². The van der Waals surface area contributed by atoms with E-state index in [2.05, 4.69) is 240 Å². The van der Waals surface area contributed by atoms with Gasteiger partial charge < -0.3 is 18.3 Å². The number of nitrogens with zero attached hydrogens (tertiary/aromatic N) is 4. The zero-order valence-corrected chi connectivity index (χ0v) is 41.0. The van der Waals surface area contributed by atoms with Crippen LogP contribution in [-0.4, -0.2) is 18.3 Å². The number of allylic oxidation sites excluding steroid dienone is 1. The van der Waals surface area contributed by atoms with Crippen molar-refractivity contribution in [3.05, 3.63) is 222 Å². The molecule has 13 aromatic rings. The summed E-state index contributed by atoms with van der Waals surface area (Å²) in [7, 11) is 0. The third-order valence-corrected chi connectivity index (χ3v) is 17.9. The Morgan fingerprint density at radius 1 is 0.333 bits per heavy atom. The highest BCUT2D eigenvalue weighted by Crippen LogP contribution is 2.62. The number of fused-ring (bicyclic) bond motifs is 14. The van der Waals surface area contributed by atoms with E-state index in [4.69, 9.17) is 0 Å². The molecule has 0 radical (unpaired) electrons. The first-order valence-corrected chi connectivity index (χ1v) is 26.1. The Kier molecular flexibility index (Phi) is 8.20. The topological polar surface area (TPSA) is 19.7 Å². The highest BCUT2D eigenvalue weighted by atomic mass is 15.0. The molecule has 3 aliphatic rings. The summed E-state index contributed by atoms with van der Waals surface area (Å²) in [4.78, 5) is 0. The summed E-state index contributed by atoms with van der Waals surface area (Å²) in [6.07, 6.45) is 4.49. The maximum atomic E-state index is 2.69. The predicted octanol–water partition coefficient (Wildman–Crippen LogP) is 18.0. The van der Waals surface area contributed by atoms with Crippen LogP contribution in [-0.2, 0) is 6.42 Å². The summed E-state index contributed by atoms with van der Waals surface area (Å²) in [6.45, 7) is 10.1. The summed E-state index contributed by atoms with van der Waals surface area (Å²) >= 11 is 0. The fraction of sp³-hybridized carbons (Fsp3) is 0.147. The van der Waals surface area contributed by atoms with Gasteiger partial charge in [0.1, 0.15) is 0 Å². The Hall–Kier alpha value is -8.34. The molecule has 4 heterocycles. The fourth-order valence-electron chi connectivity index (χ4n) is 14.3. The summed E-state index contributed by atoms with van der Waals surface area (Å²) in [5.41, 5.74) is 25.8. The first-order chi connectivity index (χ1) is 35.4. The van der Waals surface area contributed by atoms with E-state index < -0.39 is 0 Å². The number of rotatable bonds is 4. The minimum Gasteiger partial charge on any atom is -0.313 e. The van der Waals surface area contributed by atoms with E-state index in [1.54, 1.807) is 0 Å². The molecule has 4 nitrogen and oxygen atoms in total. The second kappa shape index (κ2) is 14.6. The molecule has 4 atom stereocenters. The molecule has 3 aliphatic carbocycles. The minimum atomic E-state index is 0.234. The monoisotopic (exact) mass is 924 g/mol. The van der Waals surface area contributed by atoms with Crippen LogP contribution in [0.5, 0.6) is 0 Å². The van der Waals surface area contributed by atoms with E-state index in [1.165, 1.54) is 144 Å². The standard InChI is InChI=1S/C68H52N4/c1-39-40(2)52-38-56-54-36-46(70-59-29-17-13-25-49(59)50-26-14-18-30-60(50)70)32-34-62(54)72(44-21-9-6-10-22-44)68(56)64-42(4)41(3)63-65(66(52)64)51(39)37-55-53-35-45(31-33-61(53)71(67(55)63)43-19-7-5-8-20-43)69-57-27-15-11-23-47(57)48-24-12-16-28-58(48)69/h5-31,33,35-42H,32,34H2,1-4H3. The molecule has 0 saturated heterocycles. The van der Waals surface area contributed by atoms with E-state index in [0.29, 0.717) is 11.8 Å². The Balaban J connectivity index is 1.01. The summed E-state index contributed by atoms with van der Waals surface area (Å²) in [5.74, 6) is 1.10. The van der Waals surface area contributed by atoms with Crippen LogP contribution in [0.4, 0.5) is 0 Å². The molecule has 0 amide bonds. The lowest BCUT2D eigenvalue weighted by molar-refractivity contribution is 0.584. The highest BCUT2D eigenvalue weighted by molar-refractivity contribution is 6.17. The SMILES string of the molecule is CC1c2cc3c4c(n(-c5ccccc5)c3c3c2-c2c(cc5c6cc(-n7c8ccccc8c8ccccc87)ccc6n(-c6ccccc6)c5c2C(C)C3C)C1C)CCC(n1c2ccccc2c2ccccc21)=C4. The molecule has 72 heavy (non-hydrogen) atoms. The molecule has 344 valence electrons. The molecular weight excluding hydrogens is 873 g/mol. The van der Waals surface area contributed by atoms with Gasteiger partial charge in [-0.15, -0.1) is 0 Å². The predicted molar refractivity (Wildman–Crippen MR) is 303 cm³/mol. The van der Waals surface area contributed by atoms with Crippen LogP contribution in [0.2, 0.25) is 0 Å². The zero-order chi connectivity index (χ0) is 47.7. The quantitative estimate of drug-likeness (QED) is 0.168. The molecule has 0 fully saturated rings. The van der Waals surface area contributed by atoms with Crippen molar-refractivity contribution in [3.63, 3.8) is 0 Å². The van der Waals surface area contributed by atoms with Crippen LogP contribution in [0.15, 0.2) is 188 Å². The third kappa shape index (κ3) is 5.16. The van der Waals surface area contributed by atoms with Crippen LogP contribution in [0.3, 0.4) is 0 Å². The average molecular weight is 925 g/mol. The van der Waals surface area contributed by atoms with Crippen molar-refractivity contribution in [2.24, 2.45) is 0 Å². The zero-order valence-electron chi connectivity index (χ0n) is 41.0. The lowest BCUT2D eigenvalue weighted by Crippen LogP contribution is -2.24. The number of para-hydroxylation sites is 6. The number of aromatic nitrogens is 4. The smallest absolute Gasteiger partial charge is 0.0582 e. The van der Waals surface area contributed by atoms with Crippen molar-refractivity contribution in [1.29, 1.82) is 0 Å². The second-order valence-electron chi connectivity index (χ2n) is 21.2. The van der Waals surface area contributed by atoms with Gasteiger partial charge in [-0.25, -0.2) is 0 Å². The average Bonchev–Trinajstić information content (AvgIpc) is 4.16. The van der Waals surface area contributed by atoms with Gasteiger partial charge in [0.05, 0.1) is 38.6 Å². The summed E-state index contributed by atoms with van der Waals surface area (Å²) < 4.78 is 10.3. The summed E-state index contributed by atoms with van der Waals surface area (Å²) in [6, 6.07) is 70.6. The van der Waals surface area contributed by atoms with E-state index in [-0.39, 0.29) is 11.8 Å². The fourth-order valence-corrected chi connectivity index (χ4v) is 14.3. The van der Waals surface area contributed by atoms with Gasteiger partial charge in [-0.05, 0) is 155 Å². The van der Waals surface area contributed by atoms with Gasteiger partial charge in [-0.3, -0.25) is 0 Å². The van der Waals surface area contributed by atoms with Crippen molar-refractivity contribution in [3.8, 4) is 28.2 Å². The number of hydrogen-bond donors (Lipinski definition) is 0. The van der Waals surface area contributed by atoms with Crippen LogP contribution in [0.1, 0.15) is 91.3 Å². The molecule has 4 aromatic heterocycles. The largest absolute Gasteiger partial charge is 0.313 e. The van der Waals surface area contributed by atoms with Gasteiger partial charge in [0, 0.05) is 71.7 Å². The van der Waals surface area contributed by atoms with Crippen molar-refractivity contribution in [2.75, 3.05) is 0 Å². The third-order valence-electron chi connectivity index (χ3n) is 17.9. The molecule has 9 aromatic carbocycles. The van der Waals surface area contributed by atoms with Crippen molar-refractivity contribution in [1.82, 2.24) is 18.3 Å². The maximum Gasteiger partial charge on any atom is 0.0582 e. The lowest BCUT2D eigenvalue weighted by Gasteiger charge is -2.42. The number of hydrogen-bond acceptors (Lipinski definition) is 0. The molecule has 0 N–H and O–H groups in total. The van der Waals surface area contributed by atoms with Gasteiger partial charge in [0.15, 0.2) is 0 Å². The van der Waals surface area contributed by atoms with Crippen LogP contribution in [0.25, 0.3) is 116 Å². The van der Waals surface area contributed by atoms with Crippen LogP contribution >= 0.6 is 0 Å². The van der Waals surface area contributed by atoms with E-state index >= 15 is 0 Å². The lowest BCUT2D eigenvalue weighted by atomic mass is 9.62. The number of benzene rings is 9. The Labute approximate surface area is 418 Å². The van der Waals surface area contributed by atoms with Gasteiger partial charge >= 0.3 is 0 Å². The Morgan fingerprint density at radius 2 is 0.778 bits per heavy atom. The van der Waals surface area contributed by atoms with E-state index in [0.717, 1.165) is 12.8 Å². The molecule has 4 unspecified atom stereocenters. The maximum absolute atomic E-state index is 2.69. The second-order valence-corrected chi connectivity index (χ2v) is 21.2. The van der Waals surface area contributed by atoms with E-state index in [1.807, 2.05) is 0 Å². The highest BCUT2D eigenvalue weighted by Gasteiger charge is 2.43. The van der Waals surface area contributed by atoms with Gasteiger partial charge in [-0.1, -0.05) is 137 Å². The normalized spacial score (nSPS) is 18.2. The van der Waals surface area contributed by atoms with Gasteiger partial charge in [-0.2, -0.15) is 0 Å². The van der Waals surface area contributed by atoms with Crippen LogP contribution in [0, 0.1) is 0 Å². The first kappa shape index (κ1) is 40.4. The molecule has 16 rings (SSSR count). The van der Waals surface area contributed by atoms with Crippen molar-refractivity contribution >= 4 is 88.1 Å². The molecule has 0 bridgehead atoms. The molecule has 0 aliphatic heterocycles. The summed E-state index contributed by atoms with van der Waals surface area (Å²) in [5, 5.41) is 9.24. The molecule has 0 saturated carbocycles. The van der Waals surface area contributed by atoms with E-state index in [9.17, 15) is 0 Å². The van der Waals surface area contributed by atoms with Crippen LogP contribution < -0.4 is 0 Å². The Bertz CT molecular complexity index is 4410. The van der Waals surface area contributed by atoms with Gasteiger partial charge in [0.2, 0.25) is 0 Å². The minimum absolute atomic E-state index is 0.234. The van der Waals surface area contributed by atoms with Gasteiger partial charge in [0.25, 0.3) is 0 Å². The Morgan fingerprint density at radius 3 is 1.32 bits per heavy atom. The molecular formula is C68H52N4.